The van der Waals surface area contributed by atoms with Crippen LogP contribution in [0.4, 0.5) is 5.13 Å². The van der Waals surface area contributed by atoms with E-state index in [9.17, 15) is 9.59 Å². The molecule has 5 nitrogen and oxygen atoms in total. The standard InChI is InChI=1S/C16H15BrN2O3S/c1-2-22-15(21)13-8-23-16(18-13)19-14(20)12-7-11(12)9-3-5-10(17)6-4-9/h3-6,8,11-12H,2,7H2,1H3,(H,18,19,20)/t11-,12+/m0/s1. The van der Waals surface area contributed by atoms with Gasteiger partial charge in [-0.25, -0.2) is 9.78 Å². The maximum atomic E-state index is 12.3. The zero-order chi connectivity index (χ0) is 16.4. The second-order valence-electron chi connectivity index (χ2n) is 5.25. The summed E-state index contributed by atoms with van der Waals surface area (Å²) < 4.78 is 5.90. The number of aromatic nitrogens is 1. The van der Waals surface area contributed by atoms with E-state index in [-0.39, 0.29) is 23.4 Å². The SMILES string of the molecule is CCOC(=O)c1csc(NC(=O)[C@@H]2C[C@H]2c2ccc(Br)cc2)n1. The van der Waals surface area contributed by atoms with Crippen molar-refractivity contribution in [2.24, 2.45) is 5.92 Å². The molecular weight excluding hydrogens is 380 g/mol. The monoisotopic (exact) mass is 394 g/mol. The maximum absolute atomic E-state index is 12.3. The lowest BCUT2D eigenvalue weighted by Crippen LogP contribution is -2.14. The van der Waals surface area contributed by atoms with E-state index in [0.717, 1.165) is 10.9 Å². The van der Waals surface area contributed by atoms with E-state index < -0.39 is 5.97 Å². The van der Waals surface area contributed by atoms with Crippen LogP contribution in [0.15, 0.2) is 34.1 Å². The van der Waals surface area contributed by atoms with Gasteiger partial charge in [0.05, 0.1) is 6.61 Å². The highest BCUT2D eigenvalue weighted by atomic mass is 79.9. The Morgan fingerprint density at radius 2 is 2.13 bits per heavy atom. The summed E-state index contributed by atoms with van der Waals surface area (Å²) in [6.45, 7) is 2.04. The van der Waals surface area contributed by atoms with Gasteiger partial charge < -0.3 is 10.1 Å². The van der Waals surface area contributed by atoms with Crippen molar-refractivity contribution < 1.29 is 14.3 Å². The quantitative estimate of drug-likeness (QED) is 0.782. The number of rotatable bonds is 5. The summed E-state index contributed by atoms with van der Waals surface area (Å²) in [5, 5.41) is 4.80. The Bertz CT molecular complexity index is 729. The second kappa shape index (κ2) is 6.80. The highest BCUT2D eigenvalue weighted by Gasteiger charge is 2.44. The number of hydrogen-bond donors (Lipinski definition) is 1. The van der Waals surface area contributed by atoms with Crippen molar-refractivity contribution >= 4 is 44.3 Å². The summed E-state index contributed by atoms with van der Waals surface area (Å²) >= 11 is 4.63. The Hall–Kier alpha value is -1.73. The Balaban J connectivity index is 1.58. The third kappa shape index (κ3) is 3.79. The molecule has 23 heavy (non-hydrogen) atoms. The number of benzene rings is 1. The van der Waals surface area contributed by atoms with E-state index in [0.29, 0.717) is 11.7 Å². The van der Waals surface area contributed by atoms with Crippen molar-refractivity contribution in [3.63, 3.8) is 0 Å². The van der Waals surface area contributed by atoms with Gasteiger partial charge in [0.25, 0.3) is 0 Å². The van der Waals surface area contributed by atoms with Crippen LogP contribution in [0.5, 0.6) is 0 Å². The molecule has 1 saturated carbocycles. The summed E-state index contributed by atoms with van der Waals surface area (Å²) in [5.74, 6) is -0.301. The molecule has 1 aliphatic rings. The topological polar surface area (TPSA) is 68.3 Å². The predicted octanol–water partition coefficient (Wildman–Crippen LogP) is 3.82. The van der Waals surface area contributed by atoms with Gasteiger partial charge in [0.15, 0.2) is 10.8 Å². The molecule has 0 aliphatic heterocycles. The van der Waals surface area contributed by atoms with Crippen molar-refractivity contribution in [3.05, 3.63) is 45.4 Å². The van der Waals surface area contributed by atoms with E-state index in [1.54, 1.807) is 12.3 Å². The summed E-state index contributed by atoms with van der Waals surface area (Å²) in [4.78, 5) is 27.9. The van der Waals surface area contributed by atoms with Crippen LogP contribution in [-0.4, -0.2) is 23.5 Å². The fourth-order valence-electron chi connectivity index (χ4n) is 2.39. The van der Waals surface area contributed by atoms with Gasteiger partial charge in [-0.05, 0) is 37.0 Å². The molecule has 3 rings (SSSR count). The van der Waals surface area contributed by atoms with E-state index in [2.05, 4.69) is 26.2 Å². The molecule has 0 saturated heterocycles. The normalized spacial score (nSPS) is 19.2. The number of nitrogens with zero attached hydrogens (tertiary/aromatic N) is 1. The van der Waals surface area contributed by atoms with Crippen LogP contribution in [0.1, 0.15) is 35.3 Å². The number of anilines is 1. The Morgan fingerprint density at radius 1 is 1.39 bits per heavy atom. The third-order valence-corrected chi connectivity index (χ3v) is 4.93. The van der Waals surface area contributed by atoms with Gasteiger partial charge in [0.1, 0.15) is 0 Å². The first-order valence-corrected chi connectivity index (χ1v) is 8.94. The molecule has 0 radical (unpaired) electrons. The summed E-state index contributed by atoms with van der Waals surface area (Å²) in [7, 11) is 0. The molecule has 0 spiro atoms. The average Bonchev–Trinajstić information content (AvgIpc) is 3.20. The number of ether oxygens (including phenoxy) is 1. The van der Waals surface area contributed by atoms with Gasteiger partial charge in [0.2, 0.25) is 5.91 Å². The lowest BCUT2D eigenvalue weighted by atomic mass is 10.1. The molecule has 1 heterocycles. The first-order chi connectivity index (χ1) is 11.1. The van der Waals surface area contributed by atoms with Gasteiger partial charge in [-0.15, -0.1) is 11.3 Å². The zero-order valence-electron chi connectivity index (χ0n) is 12.4. The number of thiazole rings is 1. The minimum absolute atomic E-state index is 0.0360. The van der Waals surface area contributed by atoms with Crippen molar-refractivity contribution in [2.75, 3.05) is 11.9 Å². The fourth-order valence-corrected chi connectivity index (χ4v) is 3.34. The second-order valence-corrected chi connectivity index (χ2v) is 7.02. The number of esters is 1. The molecule has 1 aliphatic carbocycles. The fraction of sp³-hybridized carbons (Fsp3) is 0.312. The van der Waals surface area contributed by atoms with Gasteiger partial charge >= 0.3 is 5.97 Å². The first kappa shape index (κ1) is 16.1. The molecule has 1 fully saturated rings. The summed E-state index contributed by atoms with van der Waals surface area (Å²) in [6.07, 6.45) is 0.837. The van der Waals surface area contributed by atoms with Crippen LogP contribution in [-0.2, 0) is 9.53 Å². The maximum Gasteiger partial charge on any atom is 0.357 e. The number of carbonyl (C=O) groups is 2. The number of hydrogen-bond acceptors (Lipinski definition) is 5. The van der Waals surface area contributed by atoms with Crippen molar-refractivity contribution in [2.45, 2.75) is 19.3 Å². The van der Waals surface area contributed by atoms with Crippen LogP contribution in [0.25, 0.3) is 0 Å². The van der Waals surface area contributed by atoms with Crippen molar-refractivity contribution in [1.29, 1.82) is 0 Å². The van der Waals surface area contributed by atoms with Gasteiger partial charge in [0, 0.05) is 15.8 Å². The van der Waals surface area contributed by atoms with Crippen molar-refractivity contribution in [3.8, 4) is 0 Å². The molecule has 2 aromatic rings. The third-order valence-electron chi connectivity index (χ3n) is 3.64. The summed E-state index contributed by atoms with van der Waals surface area (Å²) in [6, 6.07) is 8.03. The Morgan fingerprint density at radius 3 is 2.83 bits per heavy atom. The van der Waals surface area contributed by atoms with Crippen LogP contribution >= 0.6 is 27.3 Å². The van der Waals surface area contributed by atoms with Gasteiger partial charge in [-0.3, -0.25) is 4.79 Å². The minimum Gasteiger partial charge on any atom is -0.461 e. The predicted molar refractivity (Wildman–Crippen MR) is 91.7 cm³/mol. The van der Waals surface area contributed by atoms with E-state index in [1.807, 2.05) is 24.3 Å². The minimum atomic E-state index is -0.469. The molecule has 2 atom stereocenters. The Kier molecular flexibility index (Phi) is 4.77. The van der Waals surface area contributed by atoms with Crippen LogP contribution in [0.3, 0.4) is 0 Å². The van der Waals surface area contributed by atoms with Gasteiger partial charge in [-0.2, -0.15) is 0 Å². The highest BCUT2D eigenvalue weighted by molar-refractivity contribution is 9.10. The molecule has 0 bridgehead atoms. The van der Waals surface area contributed by atoms with Gasteiger partial charge in [-0.1, -0.05) is 28.1 Å². The molecule has 0 unspecified atom stereocenters. The largest absolute Gasteiger partial charge is 0.461 e. The molecule has 1 aromatic carbocycles. The number of halogens is 1. The van der Waals surface area contributed by atoms with E-state index in [1.165, 1.54) is 16.9 Å². The summed E-state index contributed by atoms with van der Waals surface area (Å²) in [5.41, 5.74) is 1.40. The molecular formula is C16H15BrN2O3S. The van der Waals surface area contributed by atoms with E-state index >= 15 is 0 Å². The molecule has 1 aromatic heterocycles. The molecule has 1 N–H and O–H groups in total. The van der Waals surface area contributed by atoms with Crippen LogP contribution < -0.4 is 5.32 Å². The lowest BCUT2D eigenvalue weighted by Gasteiger charge is -2.02. The van der Waals surface area contributed by atoms with E-state index in [4.69, 9.17) is 4.74 Å². The Labute approximate surface area is 146 Å². The number of amides is 1. The molecule has 1 amide bonds. The average molecular weight is 395 g/mol. The molecule has 7 heteroatoms. The van der Waals surface area contributed by atoms with Crippen molar-refractivity contribution in [1.82, 2.24) is 4.98 Å². The number of carbonyl (C=O) groups excluding carboxylic acids is 2. The number of nitrogens with one attached hydrogen (secondary N) is 1. The molecule has 120 valence electrons. The zero-order valence-corrected chi connectivity index (χ0v) is 14.8. The van der Waals surface area contributed by atoms with Crippen LogP contribution in [0, 0.1) is 5.92 Å². The lowest BCUT2D eigenvalue weighted by molar-refractivity contribution is -0.117. The smallest absolute Gasteiger partial charge is 0.357 e. The first-order valence-electron chi connectivity index (χ1n) is 7.27. The highest BCUT2D eigenvalue weighted by Crippen LogP contribution is 2.48. The van der Waals surface area contributed by atoms with Crippen LogP contribution in [0.2, 0.25) is 0 Å².